The van der Waals surface area contributed by atoms with Gasteiger partial charge in [-0.2, -0.15) is 5.10 Å². The molecule has 6 nitrogen and oxygen atoms in total. The SMILES string of the molecule is C=C(C)CNC(=S)N/N=C\c1ccccc1OCc1ccc(C(=O)OC)cc1. The number of benzene rings is 2. The second-order valence-electron chi connectivity index (χ2n) is 6.02. The van der Waals surface area contributed by atoms with Gasteiger partial charge >= 0.3 is 5.97 Å². The fourth-order valence-corrected chi connectivity index (χ4v) is 2.29. The van der Waals surface area contributed by atoms with Gasteiger partial charge in [-0.15, -0.1) is 0 Å². The number of rotatable bonds is 8. The number of hydrazone groups is 1. The Bertz CT molecular complexity index is 863. The Morgan fingerprint density at radius 3 is 2.61 bits per heavy atom. The highest BCUT2D eigenvalue weighted by atomic mass is 32.1. The number of para-hydroxylation sites is 1. The van der Waals surface area contributed by atoms with Gasteiger partial charge in [0, 0.05) is 12.1 Å². The highest BCUT2D eigenvalue weighted by Gasteiger charge is 2.06. The van der Waals surface area contributed by atoms with Crippen LogP contribution in [0, 0.1) is 0 Å². The molecule has 0 bridgehead atoms. The third-order valence-electron chi connectivity index (χ3n) is 3.61. The summed E-state index contributed by atoms with van der Waals surface area (Å²) in [6.07, 6.45) is 1.64. The van der Waals surface area contributed by atoms with Gasteiger partial charge in [-0.25, -0.2) is 4.79 Å². The van der Waals surface area contributed by atoms with Crippen LogP contribution in [0.4, 0.5) is 0 Å². The maximum absolute atomic E-state index is 11.5. The van der Waals surface area contributed by atoms with Gasteiger partial charge in [0.15, 0.2) is 5.11 Å². The minimum absolute atomic E-state index is 0.359. The highest BCUT2D eigenvalue weighted by Crippen LogP contribution is 2.18. The minimum Gasteiger partial charge on any atom is -0.488 e. The van der Waals surface area contributed by atoms with Gasteiger partial charge in [0.1, 0.15) is 12.4 Å². The van der Waals surface area contributed by atoms with E-state index in [1.165, 1.54) is 7.11 Å². The zero-order chi connectivity index (χ0) is 20.4. The van der Waals surface area contributed by atoms with Crippen LogP contribution in [0.1, 0.15) is 28.4 Å². The van der Waals surface area contributed by atoms with Crippen molar-refractivity contribution in [3.8, 4) is 5.75 Å². The third-order valence-corrected chi connectivity index (χ3v) is 3.84. The summed E-state index contributed by atoms with van der Waals surface area (Å²) in [7, 11) is 1.36. The molecule has 0 radical (unpaired) electrons. The molecule has 0 aliphatic rings. The largest absolute Gasteiger partial charge is 0.488 e. The Kier molecular flexibility index (Phi) is 8.17. The molecule has 0 aliphatic heterocycles. The van der Waals surface area contributed by atoms with Gasteiger partial charge in [0.25, 0.3) is 0 Å². The Balaban J connectivity index is 1.94. The first-order valence-corrected chi connectivity index (χ1v) is 9.01. The molecule has 0 aliphatic carbocycles. The van der Waals surface area contributed by atoms with E-state index in [1.54, 1.807) is 18.3 Å². The van der Waals surface area contributed by atoms with Crippen molar-refractivity contribution in [3.63, 3.8) is 0 Å². The van der Waals surface area contributed by atoms with Gasteiger partial charge in [0.05, 0.1) is 18.9 Å². The van der Waals surface area contributed by atoms with Crippen LogP contribution >= 0.6 is 12.2 Å². The van der Waals surface area contributed by atoms with Crippen molar-refractivity contribution in [1.29, 1.82) is 0 Å². The Morgan fingerprint density at radius 2 is 1.93 bits per heavy atom. The van der Waals surface area contributed by atoms with E-state index >= 15 is 0 Å². The first-order valence-electron chi connectivity index (χ1n) is 8.60. The van der Waals surface area contributed by atoms with E-state index < -0.39 is 0 Å². The van der Waals surface area contributed by atoms with Gasteiger partial charge in [-0.3, -0.25) is 5.43 Å². The van der Waals surface area contributed by atoms with Crippen molar-refractivity contribution < 1.29 is 14.3 Å². The predicted molar refractivity (Wildman–Crippen MR) is 115 cm³/mol. The van der Waals surface area contributed by atoms with Crippen molar-refractivity contribution in [3.05, 3.63) is 77.4 Å². The molecule has 7 heteroatoms. The summed E-state index contributed by atoms with van der Waals surface area (Å²) in [4.78, 5) is 11.5. The van der Waals surface area contributed by atoms with Gasteiger partial charge < -0.3 is 14.8 Å². The summed E-state index contributed by atoms with van der Waals surface area (Å²) < 4.78 is 10.6. The molecule has 0 heterocycles. The van der Waals surface area contributed by atoms with Crippen molar-refractivity contribution in [2.75, 3.05) is 13.7 Å². The number of hydrogen-bond acceptors (Lipinski definition) is 5. The molecule has 0 saturated heterocycles. The first kappa shape index (κ1) is 21.1. The normalized spacial score (nSPS) is 10.4. The number of ether oxygens (including phenoxy) is 2. The zero-order valence-electron chi connectivity index (χ0n) is 15.9. The van der Waals surface area contributed by atoms with Crippen molar-refractivity contribution in [2.45, 2.75) is 13.5 Å². The third kappa shape index (κ3) is 6.85. The quantitative estimate of drug-likeness (QED) is 0.234. The van der Waals surface area contributed by atoms with E-state index in [9.17, 15) is 4.79 Å². The van der Waals surface area contributed by atoms with Crippen LogP contribution < -0.4 is 15.5 Å². The van der Waals surface area contributed by atoms with Crippen LogP contribution in [0.15, 0.2) is 65.8 Å². The molecule has 146 valence electrons. The number of esters is 1. The molecular formula is C21H23N3O3S. The Hall–Kier alpha value is -3.19. The van der Waals surface area contributed by atoms with E-state index in [-0.39, 0.29) is 5.97 Å². The second kappa shape index (κ2) is 10.8. The van der Waals surface area contributed by atoms with Crippen LogP contribution in [0.25, 0.3) is 0 Å². The topological polar surface area (TPSA) is 72.0 Å². The van der Waals surface area contributed by atoms with Crippen LogP contribution in [0.5, 0.6) is 5.75 Å². The van der Waals surface area contributed by atoms with Crippen LogP contribution in [0.3, 0.4) is 0 Å². The van der Waals surface area contributed by atoms with Crippen LogP contribution in [0.2, 0.25) is 0 Å². The summed E-state index contributed by atoms with van der Waals surface area (Å²) in [6, 6.07) is 14.6. The molecule has 0 saturated carbocycles. The van der Waals surface area contributed by atoms with Crippen molar-refractivity contribution in [2.24, 2.45) is 5.10 Å². The first-order chi connectivity index (χ1) is 13.5. The predicted octanol–water partition coefficient (Wildman–Crippen LogP) is 3.43. The van der Waals surface area contributed by atoms with Gasteiger partial charge in [0.2, 0.25) is 0 Å². The smallest absolute Gasteiger partial charge is 0.337 e. The Labute approximate surface area is 170 Å². The molecule has 0 atom stereocenters. The van der Waals surface area contributed by atoms with E-state index in [2.05, 4.69) is 22.4 Å². The lowest BCUT2D eigenvalue weighted by atomic mass is 10.1. The molecular weight excluding hydrogens is 374 g/mol. The summed E-state index contributed by atoms with van der Waals surface area (Å²) in [5.74, 6) is 0.322. The summed E-state index contributed by atoms with van der Waals surface area (Å²) in [5.41, 5.74) is 5.98. The van der Waals surface area contributed by atoms with Gasteiger partial charge in [-0.1, -0.05) is 36.4 Å². The number of methoxy groups -OCH3 is 1. The van der Waals surface area contributed by atoms with Crippen LogP contribution in [-0.4, -0.2) is 31.0 Å². The van der Waals surface area contributed by atoms with E-state index in [4.69, 9.17) is 21.7 Å². The van der Waals surface area contributed by atoms with E-state index in [0.717, 1.165) is 16.7 Å². The average Bonchev–Trinajstić information content (AvgIpc) is 2.71. The lowest BCUT2D eigenvalue weighted by molar-refractivity contribution is 0.0600. The number of hydrogen-bond donors (Lipinski definition) is 2. The number of carbonyl (C=O) groups is 1. The maximum Gasteiger partial charge on any atom is 0.337 e. The lowest BCUT2D eigenvalue weighted by Crippen LogP contribution is -2.32. The Morgan fingerprint density at radius 1 is 1.21 bits per heavy atom. The fraction of sp³-hybridized carbons (Fsp3) is 0.190. The summed E-state index contributed by atoms with van der Waals surface area (Å²) in [5, 5.41) is 7.54. The molecule has 2 aromatic rings. The molecule has 0 amide bonds. The average molecular weight is 398 g/mol. The number of carbonyl (C=O) groups excluding carboxylic acids is 1. The molecule has 2 N–H and O–H groups in total. The number of nitrogens with one attached hydrogen (secondary N) is 2. The van der Waals surface area contributed by atoms with Crippen molar-refractivity contribution in [1.82, 2.24) is 10.7 Å². The summed E-state index contributed by atoms with van der Waals surface area (Å²) in [6.45, 7) is 6.67. The zero-order valence-corrected chi connectivity index (χ0v) is 16.7. The second-order valence-corrected chi connectivity index (χ2v) is 6.43. The van der Waals surface area contributed by atoms with Crippen LogP contribution in [-0.2, 0) is 11.3 Å². The molecule has 28 heavy (non-hydrogen) atoms. The van der Waals surface area contributed by atoms with E-state index in [1.807, 2.05) is 43.3 Å². The minimum atomic E-state index is -0.364. The van der Waals surface area contributed by atoms with E-state index in [0.29, 0.717) is 29.6 Å². The maximum atomic E-state index is 11.5. The highest BCUT2D eigenvalue weighted by molar-refractivity contribution is 7.80. The molecule has 2 rings (SSSR count). The summed E-state index contributed by atoms with van der Waals surface area (Å²) >= 11 is 5.13. The van der Waals surface area contributed by atoms with Gasteiger partial charge in [-0.05, 0) is 49.0 Å². The monoisotopic (exact) mass is 397 g/mol. The molecule has 0 aromatic heterocycles. The molecule has 2 aromatic carbocycles. The molecule has 0 spiro atoms. The molecule has 0 unspecified atom stereocenters. The standard InChI is InChI=1S/C21H23N3O3S/c1-15(2)12-22-21(28)24-23-13-18-6-4-5-7-19(18)27-14-16-8-10-17(11-9-16)20(25)26-3/h4-11,13H,1,12,14H2,2-3H3,(H2,22,24,28)/b23-13-. The van der Waals surface area contributed by atoms with Crippen molar-refractivity contribution >= 4 is 29.5 Å². The fourth-order valence-electron chi connectivity index (χ4n) is 2.17. The lowest BCUT2D eigenvalue weighted by Gasteiger charge is -2.10. The molecule has 0 fully saturated rings. The number of nitrogens with zero attached hydrogens (tertiary/aromatic N) is 1. The number of thiocarbonyl (C=S) groups is 1.